The van der Waals surface area contributed by atoms with Gasteiger partial charge in [0.25, 0.3) is 0 Å². The summed E-state index contributed by atoms with van der Waals surface area (Å²) in [5, 5.41) is 18.5. The maximum atomic E-state index is 14.7. The number of hydrogen-bond donors (Lipinski definition) is 3. The zero-order valence-corrected chi connectivity index (χ0v) is 25.1. The van der Waals surface area contributed by atoms with Crippen molar-refractivity contribution in [2.24, 2.45) is 0 Å². The number of anilines is 1. The molecule has 1 saturated carbocycles. The highest BCUT2D eigenvalue weighted by atomic mass is 19.4. The fraction of sp³-hybridized carbons (Fsp3) is 0.303. The van der Waals surface area contributed by atoms with Crippen molar-refractivity contribution in [2.45, 2.75) is 44.3 Å². The van der Waals surface area contributed by atoms with Crippen LogP contribution in [0, 0.1) is 11.6 Å². The molecular weight excluding hydrogens is 611 g/mol. The number of fused-ring (bicyclic) bond motifs is 3. The number of carbonyl (C=O) groups is 2. The fourth-order valence-corrected chi connectivity index (χ4v) is 5.82. The van der Waals surface area contributed by atoms with Crippen LogP contribution < -0.4 is 10.1 Å². The molecule has 8 nitrogen and oxygen atoms in total. The molecule has 242 valence electrons. The minimum atomic E-state index is -5.08. The van der Waals surface area contributed by atoms with Crippen LogP contribution >= 0.6 is 0 Å². The number of amides is 1. The Morgan fingerprint density at radius 1 is 1.09 bits per heavy atom. The standard InChI is InChI=1S/C31H30F2N4O2.C2HF3O2/c1-4-37(5-2)17-22-25(32)12-18(13-26(22)33)6-10-27-21-9-7-19(14-29(21)36-35-27)24-16-31(24)23-15-20(39-3)8-11-28(23)34-30(31)38;3-2(4,5)1(6)7/h6-15,24H,4-5,16-17H2,1-3H3,(H,34,38)(H,35,36);(H,6,7)/b10-6+;/t24-,31-;/m0./s1. The number of benzene rings is 3. The highest BCUT2D eigenvalue weighted by Gasteiger charge is 2.65. The molecule has 13 heteroatoms. The number of carbonyl (C=O) groups excluding carboxylic acids is 1. The maximum absolute atomic E-state index is 14.7. The van der Waals surface area contributed by atoms with Crippen LogP contribution in [0.2, 0.25) is 0 Å². The van der Waals surface area contributed by atoms with E-state index in [9.17, 15) is 26.7 Å². The van der Waals surface area contributed by atoms with Gasteiger partial charge in [-0.3, -0.25) is 14.8 Å². The number of halogens is 5. The summed E-state index contributed by atoms with van der Waals surface area (Å²) in [5.41, 5.74) is 4.33. The number of H-pyrrole nitrogens is 1. The van der Waals surface area contributed by atoms with Gasteiger partial charge in [-0.2, -0.15) is 18.3 Å². The topological polar surface area (TPSA) is 108 Å². The molecule has 1 aliphatic carbocycles. The van der Waals surface area contributed by atoms with Crippen LogP contribution in [0.3, 0.4) is 0 Å². The van der Waals surface area contributed by atoms with Crippen LogP contribution in [-0.4, -0.2) is 58.5 Å². The van der Waals surface area contributed by atoms with Gasteiger partial charge in [-0.1, -0.05) is 32.1 Å². The number of aliphatic carboxylic acids is 1. The van der Waals surface area contributed by atoms with Gasteiger partial charge in [0, 0.05) is 29.1 Å². The Bertz CT molecular complexity index is 1810. The van der Waals surface area contributed by atoms with Gasteiger partial charge < -0.3 is 15.2 Å². The Kier molecular flexibility index (Phi) is 8.89. The molecule has 2 aliphatic rings. The number of carboxylic acids is 1. The van der Waals surface area contributed by atoms with Crippen molar-refractivity contribution >= 4 is 40.6 Å². The Hall–Kier alpha value is -4.78. The molecule has 3 N–H and O–H groups in total. The third-order valence-electron chi connectivity index (χ3n) is 8.46. The van der Waals surface area contributed by atoms with Gasteiger partial charge in [0.1, 0.15) is 17.4 Å². The van der Waals surface area contributed by atoms with Crippen LogP contribution in [0.5, 0.6) is 5.75 Å². The Morgan fingerprint density at radius 3 is 2.37 bits per heavy atom. The van der Waals surface area contributed by atoms with Crippen molar-refractivity contribution in [3.8, 4) is 5.75 Å². The molecule has 0 bridgehead atoms. The van der Waals surface area contributed by atoms with Gasteiger partial charge in [-0.25, -0.2) is 13.6 Å². The number of methoxy groups -OCH3 is 1. The molecular formula is C33H31F5N4O4. The molecule has 2 atom stereocenters. The largest absolute Gasteiger partial charge is 0.497 e. The monoisotopic (exact) mass is 642 g/mol. The molecule has 46 heavy (non-hydrogen) atoms. The van der Waals surface area contributed by atoms with E-state index in [4.69, 9.17) is 14.6 Å². The summed E-state index contributed by atoms with van der Waals surface area (Å²) in [6.45, 7) is 5.63. The molecule has 6 rings (SSSR count). The first-order valence-electron chi connectivity index (χ1n) is 14.5. The third-order valence-corrected chi connectivity index (χ3v) is 8.46. The lowest BCUT2D eigenvalue weighted by molar-refractivity contribution is -0.192. The Morgan fingerprint density at radius 2 is 1.76 bits per heavy atom. The van der Waals surface area contributed by atoms with E-state index in [0.29, 0.717) is 11.3 Å². The summed E-state index contributed by atoms with van der Waals surface area (Å²) in [7, 11) is 1.62. The van der Waals surface area contributed by atoms with Crippen molar-refractivity contribution in [1.29, 1.82) is 0 Å². The summed E-state index contributed by atoms with van der Waals surface area (Å²) < 4.78 is 66.6. The van der Waals surface area contributed by atoms with E-state index in [2.05, 4.69) is 15.5 Å². The van der Waals surface area contributed by atoms with Gasteiger partial charge in [0.2, 0.25) is 5.91 Å². The zero-order chi connectivity index (χ0) is 33.4. The van der Waals surface area contributed by atoms with Crippen molar-refractivity contribution in [1.82, 2.24) is 15.1 Å². The number of rotatable bonds is 8. The number of aromatic amines is 1. The van der Waals surface area contributed by atoms with Crippen molar-refractivity contribution in [3.63, 3.8) is 0 Å². The van der Waals surface area contributed by atoms with E-state index >= 15 is 0 Å². The second kappa shape index (κ2) is 12.5. The van der Waals surface area contributed by atoms with E-state index in [1.165, 1.54) is 12.1 Å². The SMILES string of the molecule is CCN(CC)Cc1c(F)cc(/C=C/c2n[nH]c3cc([C@@H]4C[C@@]45C(=O)Nc4ccc(OC)cc45)ccc23)cc1F.O=C(O)C(F)(F)F. The molecule has 0 unspecified atom stereocenters. The average Bonchev–Trinajstić information content (AvgIpc) is 3.56. The van der Waals surface area contributed by atoms with Crippen molar-refractivity contribution in [2.75, 3.05) is 25.5 Å². The summed E-state index contributed by atoms with van der Waals surface area (Å²) in [6, 6.07) is 14.5. The van der Waals surface area contributed by atoms with E-state index in [1.807, 2.05) is 55.1 Å². The van der Waals surface area contributed by atoms with E-state index in [1.54, 1.807) is 19.3 Å². The highest BCUT2D eigenvalue weighted by molar-refractivity contribution is 6.10. The quantitative estimate of drug-likeness (QED) is 0.181. The molecule has 3 aromatic carbocycles. The van der Waals surface area contributed by atoms with Gasteiger partial charge in [-0.15, -0.1) is 0 Å². The Labute approximate surface area is 260 Å². The number of nitrogens with zero attached hydrogens (tertiary/aromatic N) is 2. The second-order valence-electron chi connectivity index (χ2n) is 11.1. The first-order valence-corrected chi connectivity index (χ1v) is 14.5. The van der Waals surface area contributed by atoms with Crippen LogP contribution in [0.25, 0.3) is 23.1 Å². The predicted molar refractivity (Wildman–Crippen MR) is 162 cm³/mol. The average molecular weight is 643 g/mol. The minimum absolute atomic E-state index is 0.0201. The molecule has 1 aliphatic heterocycles. The van der Waals surface area contributed by atoms with Crippen LogP contribution in [0.15, 0.2) is 48.5 Å². The molecule has 4 aromatic rings. The molecule has 2 heterocycles. The number of aromatic nitrogens is 2. The number of hydrogen-bond acceptors (Lipinski definition) is 5. The van der Waals surface area contributed by atoms with Gasteiger partial charge in [0.15, 0.2) is 0 Å². The third kappa shape index (κ3) is 6.19. The fourth-order valence-electron chi connectivity index (χ4n) is 5.82. The van der Waals surface area contributed by atoms with Gasteiger partial charge in [0.05, 0.1) is 23.7 Å². The molecule has 1 amide bonds. The molecule has 0 radical (unpaired) electrons. The summed E-state index contributed by atoms with van der Waals surface area (Å²) >= 11 is 0. The highest BCUT2D eigenvalue weighted by Crippen LogP contribution is 2.65. The first-order chi connectivity index (χ1) is 21.8. The maximum Gasteiger partial charge on any atom is 0.490 e. The molecule has 1 spiro atoms. The predicted octanol–water partition coefficient (Wildman–Crippen LogP) is 6.87. The Balaban J connectivity index is 0.000000537. The number of nitrogens with one attached hydrogen (secondary N) is 2. The van der Waals surface area contributed by atoms with E-state index in [0.717, 1.165) is 53.0 Å². The van der Waals surface area contributed by atoms with Gasteiger partial charge in [-0.05, 0) is 78.7 Å². The molecule has 1 fully saturated rings. The number of ether oxygens (including phenoxy) is 1. The first kappa shape index (κ1) is 32.6. The smallest absolute Gasteiger partial charge is 0.490 e. The van der Waals surface area contributed by atoms with Crippen LogP contribution in [-0.2, 0) is 21.5 Å². The zero-order valence-electron chi connectivity index (χ0n) is 25.1. The van der Waals surface area contributed by atoms with Crippen LogP contribution in [0.1, 0.15) is 54.1 Å². The number of alkyl halides is 3. The lowest BCUT2D eigenvalue weighted by Gasteiger charge is -2.19. The van der Waals surface area contributed by atoms with E-state index < -0.39 is 29.2 Å². The van der Waals surface area contributed by atoms with Crippen LogP contribution in [0.4, 0.5) is 27.6 Å². The normalized spacial score (nSPS) is 18.5. The van der Waals surface area contributed by atoms with E-state index in [-0.39, 0.29) is 23.9 Å². The minimum Gasteiger partial charge on any atom is -0.497 e. The summed E-state index contributed by atoms with van der Waals surface area (Å²) in [4.78, 5) is 23.9. The molecule has 0 saturated heterocycles. The lowest BCUT2D eigenvalue weighted by atomic mass is 9.91. The van der Waals surface area contributed by atoms with Crippen molar-refractivity contribution < 1.29 is 41.4 Å². The number of carboxylic acid groups (broad SMARTS) is 1. The lowest BCUT2D eigenvalue weighted by Crippen LogP contribution is -2.23. The summed E-state index contributed by atoms with van der Waals surface area (Å²) in [5.74, 6) is -3.05. The van der Waals surface area contributed by atoms with Gasteiger partial charge >= 0.3 is 12.1 Å². The summed E-state index contributed by atoms with van der Waals surface area (Å²) in [6.07, 6.45) is -0.935. The second-order valence-corrected chi connectivity index (χ2v) is 11.1. The molecule has 1 aromatic heterocycles. The van der Waals surface area contributed by atoms with Crippen molar-refractivity contribution in [3.05, 3.63) is 88.1 Å².